The Bertz CT molecular complexity index is 1280. The molecule has 0 atom stereocenters. The van der Waals surface area contributed by atoms with Crippen LogP contribution in [0.3, 0.4) is 0 Å². The number of nitrogens with zero attached hydrogens (tertiary/aromatic N) is 4. The first-order valence-corrected chi connectivity index (χ1v) is 27.1. The molecule has 0 saturated heterocycles. The lowest BCUT2D eigenvalue weighted by atomic mass is 10.2. The van der Waals surface area contributed by atoms with Gasteiger partial charge in [0, 0.05) is 37.2 Å². The quantitative estimate of drug-likeness (QED) is 0.0646. The molecule has 8 heteroatoms. The number of unbranched alkanes of at least 4 members (excludes halogenated alkanes) is 4. The topological polar surface area (TPSA) is 13.0 Å². The molecule has 0 bridgehead atoms. The summed E-state index contributed by atoms with van der Waals surface area (Å²) in [7, 11) is -2.67. The van der Waals surface area contributed by atoms with Crippen LogP contribution >= 0.6 is 45.1 Å². The Kier molecular flexibility index (Phi) is 22.5. The van der Waals surface area contributed by atoms with E-state index in [1.165, 1.54) is 45.0 Å². The summed E-state index contributed by atoms with van der Waals surface area (Å²) in [5.41, 5.74) is 10.4. The molecule has 0 unspecified atom stereocenters. The van der Waals surface area contributed by atoms with Gasteiger partial charge in [-0.3, -0.25) is 0 Å². The Morgan fingerprint density at radius 1 is 0.365 bits per heavy atom. The first-order valence-electron chi connectivity index (χ1n) is 19.2. The molecular formula is C44H64I3N4P. The summed E-state index contributed by atoms with van der Waals surface area (Å²) < 4.78 is 11.5. The van der Waals surface area contributed by atoms with Crippen LogP contribution in [0, 0.1) is 27.7 Å². The number of aryl methyl sites for hydroxylation is 4. The summed E-state index contributed by atoms with van der Waals surface area (Å²) in [6.45, 7) is 22.1. The molecule has 0 spiro atoms. The van der Waals surface area contributed by atoms with Gasteiger partial charge in [0.2, 0.25) is 0 Å². The molecule has 286 valence electrons. The minimum absolute atomic E-state index is 0. The van der Waals surface area contributed by atoms with Gasteiger partial charge in [0.15, 0.2) is 0 Å². The third kappa shape index (κ3) is 12.4. The summed E-state index contributed by atoms with van der Waals surface area (Å²) in [6, 6.07) is 37.7. The van der Waals surface area contributed by atoms with Crippen molar-refractivity contribution in [2.75, 3.05) is 44.9 Å². The van der Waals surface area contributed by atoms with Gasteiger partial charge < -0.3 is 24.0 Å². The standard InChI is InChI=1S/C44H64N4P.I2.HI/c1-9-13-33-45(41-25-17-37(5)18-26-41)49(46(34-14-10-2)42-27-19-38(6)20-28-42,47(35-15-11-3)43-29-21-39(7)22-30-43)48(36-16-12-4)44-31-23-40(8)24-32-44;1-2;/h17-32H,9-16,33-36H2,1-8H3;;1H/q+1;;/p-1. The molecule has 0 aromatic heterocycles. The van der Waals surface area contributed by atoms with Gasteiger partial charge in [-0.25, -0.2) is 0 Å². The van der Waals surface area contributed by atoms with Gasteiger partial charge in [0.1, 0.15) is 0 Å². The van der Waals surface area contributed by atoms with Crippen LogP contribution < -0.4 is 42.7 Å². The second kappa shape index (κ2) is 25.0. The van der Waals surface area contributed by atoms with E-state index in [2.05, 4.69) is 208 Å². The van der Waals surface area contributed by atoms with Crippen molar-refractivity contribution in [2.24, 2.45) is 0 Å². The maximum Gasteiger partial charge on any atom is 0.405 e. The number of halogens is 3. The second-order valence-electron chi connectivity index (χ2n) is 13.8. The number of hydrogen-bond acceptors (Lipinski definition) is 4. The third-order valence-electron chi connectivity index (χ3n) is 9.52. The zero-order chi connectivity index (χ0) is 37.2. The zero-order valence-corrected chi connectivity index (χ0v) is 40.5. The van der Waals surface area contributed by atoms with Gasteiger partial charge in [-0.1, -0.05) is 124 Å². The van der Waals surface area contributed by atoms with E-state index in [0.29, 0.717) is 0 Å². The van der Waals surface area contributed by atoms with Crippen LogP contribution in [0.5, 0.6) is 0 Å². The number of hydrogen-bond donors (Lipinski definition) is 0. The first-order chi connectivity index (χ1) is 24.8. The molecule has 4 rings (SSSR count). The van der Waals surface area contributed by atoms with Crippen molar-refractivity contribution in [2.45, 2.75) is 107 Å². The molecule has 4 aromatic rings. The average Bonchev–Trinajstić information content (AvgIpc) is 3.15. The summed E-state index contributed by atoms with van der Waals surface area (Å²) in [6.07, 6.45) is 9.04. The molecule has 4 nitrogen and oxygen atoms in total. The van der Waals surface area contributed by atoms with Crippen LogP contribution in [-0.2, 0) is 0 Å². The molecule has 0 aliphatic carbocycles. The molecule has 52 heavy (non-hydrogen) atoms. The van der Waals surface area contributed by atoms with E-state index in [-0.39, 0.29) is 24.0 Å². The minimum Gasteiger partial charge on any atom is -1.00 e. The van der Waals surface area contributed by atoms with Crippen molar-refractivity contribution >= 4 is 67.8 Å². The highest BCUT2D eigenvalue weighted by Gasteiger charge is 2.63. The summed E-state index contributed by atoms with van der Waals surface area (Å²) in [4.78, 5) is 0. The van der Waals surface area contributed by atoms with Crippen molar-refractivity contribution in [1.82, 2.24) is 0 Å². The van der Waals surface area contributed by atoms with Crippen LogP contribution in [0.2, 0.25) is 0 Å². The fourth-order valence-corrected chi connectivity index (χ4v) is 11.5. The molecule has 0 aliphatic heterocycles. The third-order valence-corrected chi connectivity index (χ3v) is 13.8. The smallest absolute Gasteiger partial charge is 0.405 e. The fraction of sp³-hybridized carbons (Fsp3) is 0.455. The van der Waals surface area contributed by atoms with Crippen LogP contribution in [0.25, 0.3) is 0 Å². The van der Waals surface area contributed by atoms with E-state index in [9.17, 15) is 0 Å². The van der Waals surface area contributed by atoms with E-state index >= 15 is 0 Å². The highest BCUT2D eigenvalue weighted by Crippen LogP contribution is 2.73. The van der Waals surface area contributed by atoms with Gasteiger partial charge >= 0.3 is 7.87 Å². The maximum atomic E-state index is 2.89. The Morgan fingerprint density at radius 3 is 0.692 bits per heavy atom. The lowest BCUT2D eigenvalue weighted by Gasteiger charge is -2.53. The minimum atomic E-state index is -2.67. The molecule has 0 fully saturated rings. The zero-order valence-electron chi connectivity index (χ0n) is 33.1. The van der Waals surface area contributed by atoms with E-state index in [0.717, 1.165) is 77.5 Å². The molecule has 0 radical (unpaired) electrons. The predicted molar refractivity (Wildman–Crippen MR) is 249 cm³/mol. The Balaban J connectivity index is 0.00000307. The van der Waals surface area contributed by atoms with Crippen LogP contribution in [0.15, 0.2) is 97.1 Å². The van der Waals surface area contributed by atoms with E-state index in [1.807, 2.05) is 0 Å². The van der Waals surface area contributed by atoms with Crippen molar-refractivity contribution in [3.05, 3.63) is 119 Å². The first kappa shape index (κ1) is 46.9. The van der Waals surface area contributed by atoms with Crippen molar-refractivity contribution < 1.29 is 24.0 Å². The normalized spacial score (nSPS) is 10.9. The van der Waals surface area contributed by atoms with Crippen molar-refractivity contribution in [3.8, 4) is 0 Å². The molecule has 0 heterocycles. The molecule has 0 amide bonds. The molecule has 4 aromatic carbocycles. The van der Waals surface area contributed by atoms with Crippen molar-refractivity contribution in [3.63, 3.8) is 0 Å². The van der Waals surface area contributed by atoms with Gasteiger partial charge in [-0.2, -0.15) is 18.7 Å². The van der Waals surface area contributed by atoms with E-state index < -0.39 is 7.87 Å². The largest absolute Gasteiger partial charge is 1.00 e. The predicted octanol–water partition coefficient (Wildman–Crippen LogP) is 11.9. The summed E-state index contributed by atoms with van der Waals surface area (Å²) >= 11 is 4.24. The molecule has 0 aliphatic rings. The van der Waals surface area contributed by atoms with Crippen LogP contribution in [0.4, 0.5) is 22.7 Å². The highest BCUT2D eigenvalue weighted by molar-refractivity contribution is 15.0. The second-order valence-corrected chi connectivity index (χ2v) is 16.8. The molecule has 0 N–H and O–H groups in total. The fourth-order valence-electron chi connectivity index (χ4n) is 6.55. The Morgan fingerprint density at radius 2 is 0.538 bits per heavy atom. The lowest BCUT2D eigenvalue weighted by Crippen LogP contribution is -3.00. The maximum absolute atomic E-state index is 2.89. The van der Waals surface area contributed by atoms with Crippen LogP contribution in [0.1, 0.15) is 101 Å². The number of anilines is 4. The Hall–Kier alpha value is -1.30. The van der Waals surface area contributed by atoms with Gasteiger partial charge in [-0.05, 0) is 102 Å². The van der Waals surface area contributed by atoms with Gasteiger partial charge in [-0.15, -0.1) is 0 Å². The van der Waals surface area contributed by atoms with Gasteiger partial charge in [0.05, 0.1) is 48.9 Å². The monoisotopic (exact) mass is 1060 g/mol. The average molecular weight is 1060 g/mol. The van der Waals surface area contributed by atoms with Crippen LogP contribution in [-0.4, -0.2) is 26.2 Å². The number of benzene rings is 4. The molecule has 0 saturated carbocycles. The van der Waals surface area contributed by atoms with Crippen molar-refractivity contribution in [1.29, 1.82) is 0 Å². The van der Waals surface area contributed by atoms with Gasteiger partial charge in [0.25, 0.3) is 0 Å². The highest BCUT2D eigenvalue weighted by atomic mass is 128. The molecular weight excluding hydrogens is 996 g/mol. The summed E-state index contributed by atoms with van der Waals surface area (Å²) in [5.74, 6) is 0. The summed E-state index contributed by atoms with van der Waals surface area (Å²) in [5, 5.41) is 0. The SMILES string of the molecule is CCCCN(c1ccc(C)cc1)[P+](N(CCCC)c1ccc(C)cc1)(N(CCCC)c1ccc(C)cc1)N(CCCC)c1ccc(C)cc1.II.[I-]. The van der Waals surface area contributed by atoms with E-state index in [1.54, 1.807) is 0 Å². The Labute approximate surface area is 359 Å². The lowest BCUT2D eigenvalue weighted by molar-refractivity contribution is -0.0000106. The number of rotatable bonds is 20. The van der Waals surface area contributed by atoms with E-state index in [4.69, 9.17) is 0 Å².